The second-order valence-corrected chi connectivity index (χ2v) is 4.62. The van der Waals surface area contributed by atoms with E-state index in [0.717, 1.165) is 5.69 Å². The van der Waals surface area contributed by atoms with Gasteiger partial charge in [-0.3, -0.25) is 4.18 Å². The van der Waals surface area contributed by atoms with Crippen LogP contribution >= 0.6 is 0 Å². The van der Waals surface area contributed by atoms with Crippen molar-refractivity contribution in [3.8, 4) is 0 Å². The van der Waals surface area contributed by atoms with Crippen molar-refractivity contribution in [1.82, 2.24) is 5.32 Å². The van der Waals surface area contributed by atoms with E-state index >= 15 is 0 Å². The third kappa shape index (κ3) is 6.03. The zero-order valence-corrected chi connectivity index (χ0v) is 10.5. The van der Waals surface area contributed by atoms with Gasteiger partial charge in [0.05, 0.1) is 12.9 Å². The van der Waals surface area contributed by atoms with Crippen molar-refractivity contribution in [2.75, 3.05) is 24.7 Å². The number of hydrogen-bond donors (Lipinski definition) is 2. The average Bonchev–Trinajstić information content (AvgIpc) is 2.35. The van der Waals surface area contributed by atoms with Crippen LogP contribution < -0.4 is 10.6 Å². The molecule has 1 rings (SSSR count). The fourth-order valence-electron chi connectivity index (χ4n) is 1.17. The van der Waals surface area contributed by atoms with E-state index in [1.165, 1.54) is 7.11 Å². The largest absolute Gasteiger partial charge is 0.338 e. The first-order valence-electron chi connectivity index (χ1n) is 5.25. The molecule has 0 aliphatic carbocycles. The molecule has 0 bridgehead atoms. The number of carbonyl (C=O) groups is 1. The maximum absolute atomic E-state index is 11.4. The first-order chi connectivity index (χ1) is 8.22. The summed E-state index contributed by atoms with van der Waals surface area (Å²) in [6.07, 6.45) is 0.614. The van der Waals surface area contributed by atoms with E-state index < -0.39 is 11.1 Å². The van der Waals surface area contributed by atoms with Gasteiger partial charge in [0.1, 0.15) is 0 Å². The molecule has 2 N–H and O–H groups in total. The van der Waals surface area contributed by atoms with Crippen LogP contribution in [0.1, 0.15) is 6.42 Å². The van der Waals surface area contributed by atoms with Gasteiger partial charge in [0.25, 0.3) is 0 Å². The number of anilines is 1. The highest BCUT2D eigenvalue weighted by atomic mass is 32.2. The number of hydrogen-bond acceptors (Lipinski definition) is 3. The summed E-state index contributed by atoms with van der Waals surface area (Å²) in [6, 6.07) is 8.91. The van der Waals surface area contributed by atoms with Gasteiger partial charge in [-0.2, -0.15) is 0 Å². The SMILES string of the molecule is COS(=O)CCCNC(=O)Nc1ccccc1. The van der Waals surface area contributed by atoms with Gasteiger partial charge in [0.2, 0.25) is 0 Å². The van der Waals surface area contributed by atoms with Crippen LogP contribution in [0.5, 0.6) is 0 Å². The van der Waals surface area contributed by atoms with Crippen LogP contribution in [-0.4, -0.2) is 29.6 Å². The summed E-state index contributed by atoms with van der Waals surface area (Å²) in [6.45, 7) is 0.466. The van der Waals surface area contributed by atoms with E-state index in [1.807, 2.05) is 18.2 Å². The lowest BCUT2D eigenvalue weighted by atomic mass is 10.3. The van der Waals surface area contributed by atoms with E-state index in [-0.39, 0.29) is 6.03 Å². The van der Waals surface area contributed by atoms with Crippen LogP contribution in [0.2, 0.25) is 0 Å². The molecule has 5 nitrogen and oxygen atoms in total. The minimum atomic E-state index is -1.25. The van der Waals surface area contributed by atoms with Gasteiger partial charge in [0, 0.05) is 12.2 Å². The Balaban J connectivity index is 2.16. The van der Waals surface area contributed by atoms with Gasteiger partial charge in [-0.15, -0.1) is 0 Å². The molecule has 0 aliphatic heterocycles. The van der Waals surface area contributed by atoms with Gasteiger partial charge in [-0.1, -0.05) is 18.2 Å². The Morgan fingerprint density at radius 2 is 2.06 bits per heavy atom. The first-order valence-corrected chi connectivity index (χ1v) is 6.49. The minimum absolute atomic E-state index is 0.264. The van der Waals surface area contributed by atoms with Gasteiger partial charge in [-0.25, -0.2) is 9.00 Å². The normalized spacial score (nSPS) is 11.8. The molecule has 0 saturated heterocycles. The number of carbonyl (C=O) groups excluding carboxylic acids is 1. The molecule has 0 saturated carbocycles. The van der Waals surface area contributed by atoms with E-state index in [4.69, 9.17) is 0 Å². The summed E-state index contributed by atoms with van der Waals surface area (Å²) >= 11 is -1.25. The average molecular weight is 256 g/mol. The third-order valence-electron chi connectivity index (χ3n) is 1.99. The lowest BCUT2D eigenvalue weighted by Gasteiger charge is -2.06. The second-order valence-electron chi connectivity index (χ2n) is 3.28. The van der Waals surface area contributed by atoms with Crippen LogP contribution in [0, 0.1) is 0 Å². The molecule has 0 spiro atoms. The van der Waals surface area contributed by atoms with Crippen molar-refractivity contribution in [2.24, 2.45) is 0 Å². The molecule has 1 aromatic rings. The van der Waals surface area contributed by atoms with Crippen LogP contribution in [-0.2, 0) is 15.3 Å². The Morgan fingerprint density at radius 3 is 2.71 bits per heavy atom. The molecular formula is C11H16N2O3S. The molecule has 0 aromatic heterocycles. The summed E-state index contributed by atoms with van der Waals surface area (Å²) < 4.78 is 15.5. The molecular weight excluding hydrogens is 240 g/mol. The second kappa shape index (κ2) is 7.81. The summed E-state index contributed by atoms with van der Waals surface area (Å²) in [5, 5.41) is 5.36. The molecule has 94 valence electrons. The van der Waals surface area contributed by atoms with Gasteiger partial charge in [-0.05, 0) is 18.6 Å². The highest BCUT2D eigenvalue weighted by molar-refractivity contribution is 7.80. The fraction of sp³-hybridized carbons (Fsp3) is 0.364. The van der Waals surface area contributed by atoms with Crippen molar-refractivity contribution in [1.29, 1.82) is 0 Å². The summed E-state index contributed by atoms with van der Waals surface area (Å²) in [4.78, 5) is 11.4. The molecule has 0 heterocycles. The molecule has 2 amide bonds. The van der Waals surface area contributed by atoms with E-state index in [2.05, 4.69) is 14.8 Å². The molecule has 6 heteroatoms. The number of para-hydroxylation sites is 1. The van der Waals surface area contributed by atoms with Crippen molar-refractivity contribution < 1.29 is 13.2 Å². The molecule has 1 aromatic carbocycles. The summed E-state index contributed by atoms with van der Waals surface area (Å²) in [5.41, 5.74) is 0.741. The highest BCUT2D eigenvalue weighted by Gasteiger charge is 2.01. The molecule has 1 atom stereocenters. The number of benzene rings is 1. The monoisotopic (exact) mass is 256 g/mol. The van der Waals surface area contributed by atoms with Crippen molar-refractivity contribution in [3.05, 3.63) is 30.3 Å². The predicted octanol–water partition coefficient (Wildman–Crippen LogP) is 1.51. The maximum Gasteiger partial charge on any atom is 0.319 e. The van der Waals surface area contributed by atoms with E-state index in [0.29, 0.717) is 18.7 Å². The molecule has 0 radical (unpaired) electrons. The topological polar surface area (TPSA) is 67.4 Å². The smallest absolute Gasteiger partial charge is 0.319 e. The summed E-state index contributed by atoms with van der Waals surface area (Å²) in [7, 11) is 1.39. The van der Waals surface area contributed by atoms with Gasteiger partial charge >= 0.3 is 6.03 Å². The highest BCUT2D eigenvalue weighted by Crippen LogP contribution is 2.03. The minimum Gasteiger partial charge on any atom is -0.338 e. The number of urea groups is 1. The first kappa shape index (κ1) is 13.7. The number of nitrogens with one attached hydrogen (secondary N) is 2. The summed E-state index contributed by atoms with van der Waals surface area (Å²) in [5.74, 6) is 0.419. The van der Waals surface area contributed by atoms with Crippen LogP contribution in [0.25, 0.3) is 0 Å². The maximum atomic E-state index is 11.4. The standard InChI is InChI=1S/C11H16N2O3S/c1-16-17(15)9-5-8-12-11(14)13-10-6-3-2-4-7-10/h2-4,6-7H,5,8-9H2,1H3,(H2,12,13,14). The van der Waals surface area contributed by atoms with Crippen LogP contribution in [0.3, 0.4) is 0 Å². The van der Waals surface area contributed by atoms with Gasteiger partial charge in [0.15, 0.2) is 11.1 Å². The Hall–Kier alpha value is -1.40. The zero-order chi connectivity index (χ0) is 12.5. The Labute approximate surface area is 103 Å². The van der Waals surface area contributed by atoms with Gasteiger partial charge < -0.3 is 10.6 Å². The Bertz CT molecular complexity index is 370. The van der Waals surface area contributed by atoms with Crippen LogP contribution in [0.15, 0.2) is 30.3 Å². The quantitative estimate of drug-likeness (QED) is 0.758. The van der Waals surface area contributed by atoms with Crippen molar-refractivity contribution in [3.63, 3.8) is 0 Å². The molecule has 17 heavy (non-hydrogen) atoms. The van der Waals surface area contributed by atoms with Crippen LogP contribution in [0.4, 0.5) is 10.5 Å². The molecule has 0 fully saturated rings. The van der Waals surface area contributed by atoms with E-state index in [9.17, 15) is 9.00 Å². The lowest BCUT2D eigenvalue weighted by molar-refractivity contribution is 0.252. The molecule has 1 unspecified atom stereocenters. The fourth-order valence-corrected chi connectivity index (χ4v) is 1.72. The van der Waals surface area contributed by atoms with E-state index in [1.54, 1.807) is 12.1 Å². The zero-order valence-electron chi connectivity index (χ0n) is 9.64. The van der Waals surface area contributed by atoms with Crippen molar-refractivity contribution in [2.45, 2.75) is 6.42 Å². The molecule has 0 aliphatic rings. The Kier molecular flexibility index (Phi) is 6.27. The predicted molar refractivity (Wildman–Crippen MR) is 68.1 cm³/mol. The lowest BCUT2D eigenvalue weighted by Crippen LogP contribution is -2.30. The third-order valence-corrected chi connectivity index (χ3v) is 2.98. The number of rotatable bonds is 6. The van der Waals surface area contributed by atoms with Crippen molar-refractivity contribution >= 4 is 22.8 Å². The number of amides is 2. The Morgan fingerprint density at radius 1 is 1.35 bits per heavy atom.